The predicted molar refractivity (Wildman–Crippen MR) is 79.9 cm³/mol. The Hall–Kier alpha value is -2.82. The maximum Gasteiger partial charge on any atom is 0.351 e. The standard InChI is InChI=1S/C17H7ClO3.Cu/c1-3-4-5-6-7-8-9-10-11-12-13-21-17(20)15(2)16(19)14-18;/h1,19H,14H2,2H3;/b16-15-;. The molecule has 0 unspecified atom stereocenters. The third kappa shape index (κ3) is 11.0. The van der Waals surface area contributed by atoms with Crippen LogP contribution in [0.5, 0.6) is 0 Å². The van der Waals surface area contributed by atoms with Gasteiger partial charge >= 0.3 is 5.97 Å². The van der Waals surface area contributed by atoms with Crippen LogP contribution in [0, 0.1) is 71.7 Å². The number of terminal acetylenes is 1. The number of carbonyl (C=O) groups excluding carboxylic acids is 1. The molecule has 1 radical (unpaired) electrons. The first-order chi connectivity index (χ1) is 10.1. The molecule has 0 atom stereocenters. The van der Waals surface area contributed by atoms with Crippen molar-refractivity contribution in [1.82, 2.24) is 0 Å². The van der Waals surface area contributed by atoms with Crippen molar-refractivity contribution in [3.63, 3.8) is 0 Å². The molecule has 0 saturated heterocycles. The zero-order chi connectivity index (χ0) is 15.9. The van der Waals surface area contributed by atoms with E-state index in [1.807, 2.05) is 0 Å². The fraction of sp³-hybridized carbons (Fsp3) is 0.118. The minimum atomic E-state index is -0.800. The summed E-state index contributed by atoms with van der Waals surface area (Å²) in [6, 6.07) is 0. The molecule has 0 heterocycles. The van der Waals surface area contributed by atoms with Gasteiger partial charge in [0.05, 0.1) is 11.5 Å². The molecule has 0 bridgehead atoms. The number of alkyl halides is 1. The molecule has 5 heteroatoms. The summed E-state index contributed by atoms with van der Waals surface area (Å²) in [7, 11) is 0. The van der Waals surface area contributed by atoms with Crippen LogP contribution < -0.4 is 0 Å². The summed E-state index contributed by atoms with van der Waals surface area (Å²) in [6.45, 7) is 1.36. The molecule has 0 amide bonds. The molecule has 0 aliphatic carbocycles. The summed E-state index contributed by atoms with van der Waals surface area (Å²) in [5, 5.41) is 9.19. The molecule has 0 spiro atoms. The molecule has 0 aromatic heterocycles. The average molecular weight is 358 g/mol. The molecule has 22 heavy (non-hydrogen) atoms. The van der Waals surface area contributed by atoms with Gasteiger partial charge in [-0.2, -0.15) is 0 Å². The fourth-order valence-corrected chi connectivity index (χ4v) is 0.847. The van der Waals surface area contributed by atoms with Crippen LogP contribution in [0.15, 0.2) is 11.3 Å². The summed E-state index contributed by atoms with van der Waals surface area (Å²) in [5.74, 6) is 22.0. The summed E-state index contributed by atoms with van der Waals surface area (Å²) in [4.78, 5) is 11.3. The van der Waals surface area contributed by atoms with Crippen LogP contribution in [0.2, 0.25) is 0 Å². The molecule has 0 aliphatic rings. The maximum absolute atomic E-state index is 11.3. The third-order valence-corrected chi connectivity index (χ3v) is 1.89. The molecular formula is C17H7ClCuO3. The molecule has 0 rings (SSSR count). The fourth-order valence-electron chi connectivity index (χ4n) is 0.647. The molecule has 3 nitrogen and oxygen atoms in total. The van der Waals surface area contributed by atoms with Crippen molar-refractivity contribution in [1.29, 1.82) is 0 Å². The SMILES string of the molecule is C#CC#CC#CC#CC#CC#COC(=O)/C(C)=C(\O)CCl.[Cu]. The van der Waals surface area contributed by atoms with Crippen molar-refractivity contribution in [2.24, 2.45) is 0 Å². The van der Waals surface area contributed by atoms with Crippen molar-refractivity contribution in [3.05, 3.63) is 11.3 Å². The van der Waals surface area contributed by atoms with Gasteiger partial charge in [0, 0.05) is 46.7 Å². The van der Waals surface area contributed by atoms with Gasteiger partial charge in [-0.25, -0.2) is 4.79 Å². The van der Waals surface area contributed by atoms with E-state index in [0.717, 1.165) is 0 Å². The van der Waals surface area contributed by atoms with E-state index >= 15 is 0 Å². The van der Waals surface area contributed by atoms with E-state index in [-0.39, 0.29) is 34.3 Å². The van der Waals surface area contributed by atoms with E-state index in [9.17, 15) is 9.90 Å². The number of hydrogen-bond donors (Lipinski definition) is 1. The van der Waals surface area contributed by atoms with Gasteiger partial charge in [0.1, 0.15) is 11.9 Å². The van der Waals surface area contributed by atoms with E-state index in [1.54, 1.807) is 0 Å². The van der Waals surface area contributed by atoms with E-state index in [1.165, 1.54) is 6.92 Å². The molecular weight excluding hydrogens is 351 g/mol. The van der Waals surface area contributed by atoms with Gasteiger partial charge in [0.2, 0.25) is 0 Å². The van der Waals surface area contributed by atoms with Crippen molar-refractivity contribution < 1.29 is 31.7 Å². The number of halogens is 1. The third-order valence-electron chi connectivity index (χ3n) is 1.63. The van der Waals surface area contributed by atoms with Crippen molar-refractivity contribution in [3.8, 4) is 71.7 Å². The van der Waals surface area contributed by atoms with Crippen molar-refractivity contribution in [2.45, 2.75) is 6.92 Å². The summed E-state index contributed by atoms with van der Waals surface area (Å²) >= 11 is 5.34. The van der Waals surface area contributed by atoms with E-state index in [4.69, 9.17) is 18.0 Å². The zero-order valence-electron chi connectivity index (χ0n) is 11.2. The molecule has 0 fully saturated rings. The monoisotopic (exact) mass is 357 g/mol. The first kappa shape index (κ1) is 21.5. The van der Waals surface area contributed by atoms with Crippen molar-refractivity contribution >= 4 is 17.6 Å². The maximum atomic E-state index is 11.3. The Morgan fingerprint density at radius 2 is 1.50 bits per heavy atom. The molecule has 0 saturated carbocycles. The van der Waals surface area contributed by atoms with E-state index in [2.05, 4.69) is 70.0 Å². The number of allylic oxidation sites excluding steroid dienone is 1. The van der Waals surface area contributed by atoms with Crippen LogP contribution in [-0.4, -0.2) is 17.0 Å². The molecule has 1 N–H and O–H groups in total. The number of rotatable bonds is 2. The van der Waals surface area contributed by atoms with Gasteiger partial charge in [-0.05, 0) is 36.5 Å². The Morgan fingerprint density at radius 3 is 1.95 bits per heavy atom. The van der Waals surface area contributed by atoms with Crippen LogP contribution in [0.25, 0.3) is 0 Å². The second-order valence-corrected chi connectivity index (χ2v) is 3.23. The normalized spacial score (nSPS) is 7.50. The minimum Gasteiger partial charge on any atom is -0.510 e. The van der Waals surface area contributed by atoms with Crippen LogP contribution in [0.1, 0.15) is 6.92 Å². The average Bonchev–Trinajstić information content (AvgIpc) is 2.50. The summed E-state index contributed by atoms with van der Waals surface area (Å²) in [5.41, 5.74) is -0.0181. The Bertz CT molecular complexity index is 789. The summed E-state index contributed by atoms with van der Waals surface area (Å²) < 4.78 is 4.51. The Labute approximate surface area is 145 Å². The van der Waals surface area contributed by atoms with Gasteiger partial charge in [-0.3, -0.25) is 0 Å². The zero-order valence-corrected chi connectivity index (χ0v) is 12.9. The van der Waals surface area contributed by atoms with Crippen LogP contribution in [0.3, 0.4) is 0 Å². The Balaban J connectivity index is 0. The smallest absolute Gasteiger partial charge is 0.351 e. The quantitative estimate of drug-likeness (QED) is 0.202. The Morgan fingerprint density at radius 1 is 1.05 bits per heavy atom. The molecule has 111 valence electrons. The number of hydrogen-bond acceptors (Lipinski definition) is 3. The van der Waals surface area contributed by atoms with Gasteiger partial charge in [-0.15, -0.1) is 18.0 Å². The second kappa shape index (κ2) is 14.6. The topological polar surface area (TPSA) is 46.5 Å². The van der Waals surface area contributed by atoms with Crippen LogP contribution >= 0.6 is 11.6 Å². The summed E-state index contributed by atoms with van der Waals surface area (Å²) in [6.07, 6.45) is 6.93. The van der Waals surface area contributed by atoms with Crippen LogP contribution in [-0.2, 0) is 26.6 Å². The van der Waals surface area contributed by atoms with Crippen molar-refractivity contribution in [2.75, 3.05) is 5.88 Å². The number of aliphatic hydroxyl groups excluding tert-OH is 1. The number of ether oxygens (including phenoxy) is 1. The van der Waals surface area contributed by atoms with Gasteiger partial charge in [0.25, 0.3) is 0 Å². The minimum absolute atomic E-state index is 0. The van der Waals surface area contributed by atoms with Crippen LogP contribution in [0.4, 0.5) is 0 Å². The molecule has 0 aliphatic heterocycles. The second-order valence-electron chi connectivity index (χ2n) is 2.97. The molecule has 0 aromatic carbocycles. The van der Waals surface area contributed by atoms with Gasteiger partial charge in [0.15, 0.2) is 0 Å². The number of carbonyl (C=O) groups is 1. The van der Waals surface area contributed by atoms with E-state index < -0.39 is 5.97 Å². The number of aliphatic hydroxyl groups is 1. The molecule has 0 aromatic rings. The first-order valence-corrected chi connectivity index (χ1v) is 5.78. The largest absolute Gasteiger partial charge is 0.510 e. The Kier molecular flexibility index (Phi) is 14.2. The van der Waals surface area contributed by atoms with Gasteiger partial charge in [-0.1, -0.05) is 0 Å². The number of esters is 1. The first-order valence-electron chi connectivity index (χ1n) is 5.25. The predicted octanol–water partition coefficient (Wildman–Crippen LogP) is 1.21. The van der Waals surface area contributed by atoms with Gasteiger partial charge < -0.3 is 9.84 Å². The van der Waals surface area contributed by atoms with E-state index in [0.29, 0.717) is 0 Å².